The van der Waals surface area contributed by atoms with Gasteiger partial charge in [0.1, 0.15) is 11.3 Å². The largest absolute Gasteiger partial charge is 0.497 e. The van der Waals surface area contributed by atoms with Crippen LogP contribution in [0.5, 0.6) is 5.75 Å². The Kier molecular flexibility index (Phi) is 4.66. The van der Waals surface area contributed by atoms with E-state index in [1.165, 1.54) is 6.07 Å². The van der Waals surface area contributed by atoms with Crippen molar-refractivity contribution in [3.63, 3.8) is 0 Å². The van der Waals surface area contributed by atoms with Crippen molar-refractivity contribution in [2.75, 3.05) is 12.4 Å². The van der Waals surface area contributed by atoms with Crippen molar-refractivity contribution < 1.29 is 9.53 Å². The number of carbonyl (C=O) groups excluding carboxylic acids is 1. The fourth-order valence-electron chi connectivity index (χ4n) is 2.43. The minimum atomic E-state index is -0.457. The minimum absolute atomic E-state index is 0.0617. The maximum atomic E-state index is 12.3. The number of pyridine rings is 1. The lowest BCUT2D eigenvalue weighted by Crippen LogP contribution is -2.23. The summed E-state index contributed by atoms with van der Waals surface area (Å²) in [6.45, 7) is 2.00. The van der Waals surface area contributed by atoms with Crippen LogP contribution in [0, 0.1) is 6.92 Å². The maximum Gasteiger partial charge on any atom is 0.261 e. The number of aromatic nitrogens is 1. The number of rotatable bonds is 4. The molecule has 5 nitrogen and oxygen atoms in total. The van der Waals surface area contributed by atoms with Gasteiger partial charge in [0.05, 0.1) is 7.11 Å². The zero-order valence-electron chi connectivity index (χ0n) is 14.0. The summed E-state index contributed by atoms with van der Waals surface area (Å²) < 4.78 is 5.07. The van der Waals surface area contributed by atoms with Crippen LogP contribution in [0.1, 0.15) is 15.9 Å². The first kappa shape index (κ1) is 16.5. The lowest BCUT2D eigenvalue weighted by atomic mass is 10.1. The van der Waals surface area contributed by atoms with Crippen LogP contribution in [-0.4, -0.2) is 18.0 Å². The van der Waals surface area contributed by atoms with Crippen molar-refractivity contribution in [2.45, 2.75) is 6.92 Å². The average molecular weight is 334 g/mol. The van der Waals surface area contributed by atoms with E-state index in [4.69, 9.17) is 4.74 Å². The molecule has 0 aliphatic heterocycles. The van der Waals surface area contributed by atoms with E-state index in [1.54, 1.807) is 37.4 Å². The van der Waals surface area contributed by atoms with Gasteiger partial charge >= 0.3 is 0 Å². The molecule has 1 heterocycles. The van der Waals surface area contributed by atoms with E-state index >= 15 is 0 Å². The average Bonchev–Trinajstić information content (AvgIpc) is 2.62. The molecule has 5 heteroatoms. The highest BCUT2D eigenvalue weighted by molar-refractivity contribution is 6.04. The van der Waals surface area contributed by atoms with Crippen LogP contribution in [0.3, 0.4) is 0 Å². The first-order valence-corrected chi connectivity index (χ1v) is 7.82. The number of hydrogen-bond donors (Lipinski definition) is 2. The van der Waals surface area contributed by atoms with Crippen molar-refractivity contribution in [1.29, 1.82) is 0 Å². The Bertz CT molecular complexity index is 942. The van der Waals surface area contributed by atoms with Gasteiger partial charge in [0.25, 0.3) is 11.5 Å². The molecule has 1 amide bonds. The number of methoxy groups -OCH3 is 1. The van der Waals surface area contributed by atoms with Crippen LogP contribution in [0.15, 0.2) is 65.5 Å². The highest BCUT2D eigenvalue weighted by Gasteiger charge is 2.12. The number of aryl methyl sites for hydroxylation is 1. The van der Waals surface area contributed by atoms with E-state index in [9.17, 15) is 9.59 Å². The predicted molar refractivity (Wildman–Crippen MR) is 98.2 cm³/mol. The Labute approximate surface area is 145 Å². The SMILES string of the molecule is COc1ccc(NC(=O)c2ccc(-c3ccc(C)cc3)[nH]c2=O)cc1. The summed E-state index contributed by atoms with van der Waals surface area (Å²) in [5.74, 6) is 0.236. The van der Waals surface area contributed by atoms with E-state index in [0.717, 1.165) is 11.1 Å². The van der Waals surface area contributed by atoms with Crippen molar-refractivity contribution >= 4 is 11.6 Å². The van der Waals surface area contributed by atoms with Gasteiger partial charge in [-0.25, -0.2) is 0 Å². The molecule has 0 atom stereocenters. The van der Waals surface area contributed by atoms with Gasteiger partial charge in [-0.15, -0.1) is 0 Å². The Balaban J connectivity index is 1.81. The summed E-state index contributed by atoms with van der Waals surface area (Å²) in [5.41, 5.74) is 2.93. The quantitative estimate of drug-likeness (QED) is 0.765. The molecule has 0 bridgehead atoms. The number of anilines is 1. The molecule has 3 aromatic rings. The molecule has 0 spiro atoms. The number of H-pyrrole nitrogens is 1. The number of aromatic amines is 1. The van der Waals surface area contributed by atoms with E-state index in [1.807, 2.05) is 31.2 Å². The molecule has 2 N–H and O–H groups in total. The van der Waals surface area contributed by atoms with Gasteiger partial charge in [0.15, 0.2) is 0 Å². The Morgan fingerprint density at radius 3 is 2.24 bits per heavy atom. The zero-order valence-corrected chi connectivity index (χ0v) is 14.0. The molecule has 25 heavy (non-hydrogen) atoms. The third-order valence-corrected chi connectivity index (χ3v) is 3.86. The second-order valence-corrected chi connectivity index (χ2v) is 5.66. The summed E-state index contributed by atoms with van der Waals surface area (Å²) in [5, 5.41) is 2.70. The zero-order chi connectivity index (χ0) is 17.8. The maximum absolute atomic E-state index is 12.3. The second-order valence-electron chi connectivity index (χ2n) is 5.66. The molecule has 126 valence electrons. The molecular formula is C20H18N2O3. The fraction of sp³-hybridized carbons (Fsp3) is 0.100. The first-order chi connectivity index (χ1) is 12.1. The number of benzene rings is 2. The number of amides is 1. The van der Waals surface area contributed by atoms with Gasteiger partial charge in [-0.3, -0.25) is 9.59 Å². The van der Waals surface area contributed by atoms with E-state index in [2.05, 4.69) is 10.3 Å². The Morgan fingerprint density at radius 1 is 0.960 bits per heavy atom. The molecule has 3 rings (SSSR count). The topological polar surface area (TPSA) is 71.2 Å². The third-order valence-electron chi connectivity index (χ3n) is 3.86. The fourth-order valence-corrected chi connectivity index (χ4v) is 2.43. The molecule has 0 unspecified atom stereocenters. The monoisotopic (exact) mass is 334 g/mol. The molecule has 0 radical (unpaired) electrons. The van der Waals surface area contributed by atoms with Crippen LogP contribution in [0.2, 0.25) is 0 Å². The molecule has 1 aromatic heterocycles. The summed E-state index contributed by atoms with van der Waals surface area (Å²) in [6, 6.07) is 18.0. The summed E-state index contributed by atoms with van der Waals surface area (Å²) in [4.78, 5) is 27.4. The van der Waals surface area contributed by atoms with Crippen molar-refractivity contribution in [1.82, 2.24) is 4.98 Å². The van der Waals surface area contributed by atoms with Crippen molar-refractivity contribution in [2.24, 2.45) is 0 Å². The Hall–Kier alpha value is -3.34. The van der Waals surface area contributed by atoms with Gasteiger partial charge in [-0.1, -0.05) is 29.8 Å². The van der Waals surface area contributed by atoms with Gasteiger partial charge in [-0.2, -0.15) is 0 Å². The summed E-state index contributed by atoms with van der Waals surface area (Å²) in [6.07, 6.45) is 0. The van der Waals surface area contributed by atoms with Gasteiger partial charge < -0.3 is 15.0 Å². The van der Waals surface area contributed by atoms with Crippen LogP contribution in [0.25, 0.3) is 11.3 Å². The molecule has 0 saturated heterocycles. The lowest BCUT2D eigenvalue weighted by molar-refractivity contribution is 0.102. The van der Waals surface area contributed by atoms with Gasteiger partial charge in [0.2, 0.25) is 0 Å². The number of hydrogen-bond acceptors (Lipinski definition) is 3. The van der Waals surface area contributed by atoms with E-state index in [-0.39, 0.29) is 5.56 Å². The number of nitrogens with one attached hydrogen (secondary N) is 2. The van der Waals surface area contributed by atoms with E-state index in [0.29, 0.717) is 17.1 Å². The first-order valence-electron chi connectivity index (χ1n) is 7.82. The smallest absolute Gasteiger partial charge is 0.261 e. The normalized spacial score (nSPS) is 10.3. The molecule has 0 aliphatic carbocycles. The summed E-state index contributed by atoms with van der Waals surface area (Å²) >= 11 is 0. The summed E-state index contributed by atoms with van der Waals surface area (Å²) in [7, 11) is 1.57. The second kappa shape index (κ2) is 7.05. The van der Waals surface area contributed by atoms with Crippen LogP contribution >= 0.6 is 0 Å². The lowest BCUT2D eigenvalue weighted by Gasteiger charge is -2.07. The predicted octanol–water partition coefficient (Wildman–Crippen LogP) is 3.61. The highest BCUT2D eigenvalue weighted by Crippen LogP contribution is 2.18. The van der Waals surface area contributed by atoms with Crippen LogP contribution < -0.4 is 15.6 Å². The number of ether oxygens (including phenoxy) is 1. The van der Waals surface area contributed by atoms with Gasteiger partial charge in [0, 0.05) is 11.4 Å². The Morgan fingerprint density at radius 2 is 1.64 bits per heavy atom. The van der Waals surface area contributed by atoms with Crippen molar-refractivity contribution in [3.05, 3.63) is 82.1 Å². The standard InChI is InChI=1S/C20H18N2O3/c1-13-3-5-14(6-4-13)18-12-11-17(20(24)22-18)19(23)21-15-7-9-16(25-2)10-8-15/h3-12H,1-2H3,(H,21,23)(H,22,24). The van der Waals surface area contributed by atoms with E-state index < -0.39 is 11.5 Å². The third kappa shape index (κ3) is 3.77. The molecule has 0 fully saturated rings. The molecule has 0 saturated carbocycles. The molecule has 0 aliphatic rings. The number of carbonyl (C=O) groups is 1. The van der Waals surface area contributed by atoms with Gasteiger partial charge in [-0.05, 0) is 48.9 Å². The molecular weight excluding hydrogens is 316 g/mol. The van der Waals surface area contributed by atoms with Crippen LogP contribution in [-0.2, 0) is 0 Å². The van der Waals surface area contributed by atoms with Crippen LogP contribution in [0.4, 0.5) is 5.69 Å². The highest BCUT2D eigenvalue weighted by atomic mass is 16.5. The molecule has 2 aromatic carbocycles. The minimum Gasteiger partial charge on any atom is -0.497 e. The van der Waals surface area contributed by atoms with Crippen molar-refractivity contribution in [3.8, 4) is 17.0 Å².